The number of carbonyl (C=O) groups excluding carboxylic acids is 1. The van der Waals surface area contributed by atoms with Crippen molar-refractivity contribution in [1.82, 2.24) is 9.78 Å². The maximum atomic E-state index is 13.3. The van der Waals surface area contributed by atoms with Crippen LogP contribution in [0.15, 0.2) is 48.5 Å². The summed E-state index contributed by atoms with van der Waals surface area (Å²) in [7, 11) is -1.15. The Balaban J connectivity index is 1.77. The van der Waals surface area contributed by atoms with Crippen LogP contribution in [0.5, 0.6) is 0 Å². The first-order chi connectivity index (χ1) is 13.7. The third-order valence-corrected chi connectivity index (χ3v) is 5.86. The number of aromatic nitrogens is 2. The van der Waals surface area contributed by atoms with Crippen molar-refractivity contribution < 1.29 is 22.2 Å². The summed E-state index contributed by atoms with van der Waals surface area (Å²) in [5.41, 5.74) is 1.34. The van der Waals surface area contributed by atoms with Crippen molar-refractivity contribution in [2.45, 2.75) is 24.6 Å². The first-order valence-electron chi connectivity index (χ1n) is 8.74. The number of alkyl halides is 3. The molecule has 1 atom stereocenters. The summed E-state index contributed by atoms with van der Waals surface area (Å²) in [5.74, 6) is -0.211. The Morgan fingerprint density at radius 1 is 1.10 bits per heavy atom. The molecule has 9 heteroatoms. The molecule has 1 unspecified atom stereocenters. The minimum absolute atomic E-state index is 0.192. The van der Waals surface area contributed by atoms with E-state index in [0.717, 1.165) is 17.7 Å². The fourth-order valence-corrected chi connectivity index (χ4v) is 4.50. The fourth-order valence-electron chi connectivity index (χ4n) is 3.23. The van der Waals surface area contributed by atoms with E-state index < -0.39 is 34.0 Å². The van der Waals surface area contributed by atoms with Gasteiger partial charge in [0.25, 0.3) is 5.91 Å². The Kier molecular flexibility index (Phi) is 4.77. The number of rotatable bonds is 3. The van der Waals surface area contributed by atoms with Crippen LogP contribution in [0.3, 0.4) is 0 Å². The number of fused-ring (bicyclic) bond motifs is 1. The summed E-state index contributed by atoms with van der Waals surface area (Å²) >= 11 is 0. The zero-order valence-electron chi connectivity index (χ0n) is 15.3. The summed E-state index contributed by atoms with van der Waals surface area (Å²) in [4.78, 5) is 12.8. The van der Waals surface area contributed by atoms with Crippen LogP contribution in [0.2, 0.25) is 0 Å². The molecule has 0 bridgehead atoms. The van der Waals surface area contributed by atoms with Crippen molar-refractivity contribution in [1.29, 1.82) is 0 Å². The number of carbonyl (C=O) groups is 1. The zero-order valence-corrected chi connectivity index (χ0v) is 16.1. The third kappa shape index (κ3) is 3.69. The molecule has 0 aliphatic carbocycles. The molecule has 5 nitrogen and oxygen atoms in total. The number of halogens is 3. The summed E-state index contributed by atoms with van der Waals surface area (Å²) in [6, 6.07) is 11.9. The van der Waals surface area contributed by atoms with Gasteiger partial charge in [0, 0.05) is 16.4 Å². The molecule has 1 aliphatic rings. The van der Waals surface area contributed by atoms with Crippen molar-refractivity contribution in [3.63, 3.8) is 0 Å². The topological polar surface area (TPSA) is 64.0 Å². The second-order valence-corrected chi connectivity index (χ2v) is 8.20. The molecule has 1 amide bonds. The number of hydrogen-bond donors (Lipinski definition) is 1. The molecule has 1 aromatic heterocycles. The van der Waals surface area contributed by atoms with Gasteiger partial charge in [0.1, 0.15) is 5.82 Å². The zero-order chi connectivity index (χ0) is 20.8. The van der Waals surface area contributed by atoms with E-state index in [1.807, 2.05) is 19.1 Å². The Morgan fingerprint density at radius 3 is 2.48 bits per heavy atom. The van der Waals surface area contributed by atoms with Gasteiger partial charge in [-0.05, 0) is 31.2 Å². The highest BCUT2D eigenvalue weighted by Crippen LogP contribution is 2.34. The quantitative estimate of drug-likeness (QED) is 0.692. The Morgan fingerprint density at radius 2 is 1.79 bits per heavy atom. The van der Waals surface area contributed by atoms with Crippen LogP contribution in [0, 0.1) is 6.92 Å². The van der Waals surface area contributed by atoms with E-state index >= 15 is 0 Å². The predicted molar refractivity (Wildman–Crippen MR) is 103 cm³/mol. The second kappa shape index (κ2) is 7.14. The lowest BCUT2D eigenvalue weighted by molar-refractivity contribution is -0.137. The standard InChI is InChI=1S/C20H16F3N3O2S/c1-12-6-8-13(9-7-12)26-18(15-10-29(28)11-17(15)25-26)24-19(27)14-4-2-3-5-16(14)20(21,22)23/h2-9H,10-11H2,1H3,(H,24,27). The smallest absolute Gasteiger partial charge is 0.306 e. The summed E-state index contributed by atoms with van der Waals surface area (Å²) in [6.45, 7) is 1.92. The average molecular weight is 419 g/mol. The van der Waals surface area contributed by atoms with Crippen molar-refractivity contribution in [3.05, 3.63) is 76.5 Å². The number of nitrogens with zero attached hydrogens (tertiary/aromatic N) is 2. The van der Waals surface area contributed by atoms with Crippen LogP contribution >= 0.6 is 0 Å². The van der Waals surface area contributed by atoms with Gasteiger partial charge < -0.3 is 5.32 Å². The fraction of sp³-hybridized carbons (Fsp3) is 0.200. The molecular weight excluding hydrogens is 403 g/mol. The summed E-state index contributed by atoms with van der Waals surface area (Å²) in [5, 5.41) is 7.03. The van der Waals surface area contributed by atoms with Crippen molar-refractivity contribution in [2.24, 2.45) is 0 Å². The minimum Gasteiger partial charge on any atom is -0.306 e. The first-order valence-corrected chi connectivity index (χ1v) is 10.2. The molecule has 3 aromatic rings. The van der Waals surface area contributed by atoms with Gasteiger partial charge in [-0.15, -0.1) is 0 Å². The molecule has 0 saturated carbocycles. The number of anilines is 1. The number of nitrogens with one attached hydrogen (secondary N) is 1. The van der Waals surface area contributed by atoms with Gasteiger partial charge in [0.2, 0.25) is 0 Å². The van der Waals surface area contributed by atoms with E-state index in [4.69, 9.17) is 0 Å². The van der Waals surface area contributed by atoms with E-state index in [-0.39, 0.29) is 17.3 Å². The minimum atomic E-state index is -4.66. The highest BCUT2D eigenvalue weighted by atomic mass is 32.2. The molecule has 150 valence electrons. The van der Waals surface area contributed by atoms with Crippen molar-refractivity contribution in [3.8, 4) is 5.69 Å². The third-order valence-electron chi connectivity index (χ3n) is 4.66. The second-order valence-electron chi connectivity index (χ2n) is 6.75. The molecule has 1 N–H and O–H groups in total. The Bertz CT molecular complexity index is 1120. The van der Waals surface area contributed by atoms with Crippen molar-refractivity contribution >= 4 is 22.5 Å². The van der Waals surface area contributed by atoms with Gasteiger partial charge in [-0.1, -0.05) is 29.8 Å². The molecule has 0 saturated heterocycles. The predicted octanol–water partition coefficient (Wildman–Crippen LogP) is 4.21. The number of amides is 1. The molecule has 2 aromatic carbocycles. The van der Waals surface area contributed by atoms with Gasteiger partial charge in [0.15, 0.2) is 0 Å². The molecular formula is C20H16F3N3O2S. The van der Waals surface area contributed by atoms with E-state index in [0.29, 0.717) is 16.9 Å². The normalized spacial score (nSPS) is 15.9. The number of aryl methyl sites for hydroxylation is 1. The summed E-state index contributed by atoms with van der Waals surface area (Å²) < 4.78 is 53.3. The lowest BCUT2D eigenvalue weighted by Crippen LogP contribution is -2.21. The molecule has 0 radical (unpaired) electrons. The molecule has 0 spiro atoms. The largest absolute Gasteiger partial charge is 0.417 e. The molecule has 0 fully saturated rings. The van der Waals surface area contributed by atoms with E-state index in [1.165, 1.54) is 16.8 Å². The van der Waals surface area contributed by atoms with Gasteiger partial charge in [0.05, 0.1) is 34.0 Å². The van der Waals surface area contributed by atoms with Crippen molar-refractivity contribution in [2.75, 3.05) is 5.32 Å². The lowest BCUT2D eigenvalue weighted by Gasteiger charge is -2.14. The Labute approximate surface area is 167 Å². The Hall–Kier alpha value is -2.94. The number of hydrogen-bond acceptors (Lipinski definition) is 3. The van der Waals surface area contributed by atoms with Crippen LogP contribution in [0.25, 0.3) is 5.69 Å². The van der Waals surface area contributed by atoms with Crippen LogP contribution in [0.4, 0.5) is 19.0 Å². The van der Waals surface area contributed by atoms with Gasteiger partial charge in [-0.25, -0.2) is 4.68 Å². The van der Waals surface area contributed by atoms with E-state index in [9.17, 15) is 22.2 Å². The maximum Gasteiger partial charge on any atom is 0.417 e. The van der Waals surface area contributed by atoms with Gasteiger partial charge >= 0.3 is 6.18 Å². The van der Waals surface area contributed by atoms with Crippen LogP contribution in [-0.4, -0.2) is 19.9 Å². The monoisotopic (exact) mass is 419 g/mol. The summed E-state index contributed by atoms with van der Waals surface area (Å²) in [6.07, 6.45) is -4.66. The highest BCUT2D eigenvalue weighted by molar-refractivity contribution is 7.83. The van der Waals surface area contributed by atoms with Gasteiger partial charge in [-0.3, -0.25) is 9.00 Å². The van der Waals surface area contributed by atoms with E-state index in [2.05, 4.69) is 10.4 Å². The first kappa shape index (κ1) is 19.4. The highest BCUT2D eigenvalue weighted by Gasteiger charge is 2.36. The molecule has 4 rings (SSSR count). The SMILES string of the molecule is Cc1ccc(-n2nc3c(c2NC(=O)c2ccccc2C(F)(F)F)CS(=O)C3)cc1. The van der Waals surface area contributed by atoms with Gasteiger partial charge in [-0.2, -0.15) is 18.3 Å². The molecule has 29 heavy (non-hydrogen) atoms. The van der Waals surface area contributed by atoms with Crippen LogP contribution in [-0.2, 0) is 28.5 Å². The average Bonchev–Trinajstić information content (AvgIpc) is 3.19. The molecule has 1 aliphatic heterocycles. The maximum absolute atomic E-state index is 13.3. The van der Waals surface area contributed by atoms with E-state index in [1.54, 1.807) is 12.1 Å². The lowest BCUT2D eigenvalue weighted by atomic mass is 10.1. The van der Waals surface area contributed by atoms with Crippen LogP contribution < -0.4 is 5.32 Å². The van der Waals surface area contributed by atoms with Crippen LogP contribution in [0.1, 0.15) is 32.7 Å². The number of benzene rings is 2. The molecule has 2 heterocycles.